The maximum absolute atomic E-state index is 13.7. The molecule has 5 aromatic rings. The van der Waals surface area contributed by atoms with Crippen molar-refractivity contribution in [3.63, 3.8) is 0 Å². The number of carboxylic acid groups (broad SMARTS) is 1. The van der Waals surface area contributed by atoms with Crippen molar-refractivity contribution in [2.75, 3.05) is 5.32 Å². The molecule has 0 saturated heterocycles. The summed E-state index contributed by atoms with van der Waals surface area (Å²) in [4.78, 5) is 24.7. The molecule has 0 saturated carbocycles. The number of carboxylic acids is 1. The molecule has 0 aliphatic carbocycles. The van der Waals surface area contributed by atoms with Gasteiger partial charge in [-0.3, -0.25) is 14.2 Å². The van der Waals surface area contributed by atoms with Crippen molar-refractivity contribution in [2.45, 2.75) is 25.3 Å². The van der Waals surface area contributed by atoms with Gasteiger partial charge in [0.25, 0.3) is 5.91 Å². The number of aliphatic carboxylic acids is 1. The number of aryl methyl sites for hydroxylation is 1. The Kier molecular flexibility index (Phi) is 8.01. The first-order valence-corrected chi connectivity index (χ1v) is 13.4. The minimum atomic E-state index is -0.824. The van der Waals surface area contributed by atoms with E-state index in [1.807, 2.05) is 97.2 Å². The number of benzene rings is 4. The van der Waals surface area contributed by atoms with Crippen molar-refractivity contribution >= 4 is 51.7 Å². The van der Waals surface area contributed by atoms with E-state index in [-0.39, 0.29) is 18.4 Å². The predicted molar refractivity (Wildman–Crippen MR) is 157 cm³/mol. The normalized spacial score (nSPS) is 11.2. The molecule has 1 heterocycles. The second-order valence-corrected chi connectivity index (χ2v) is 10.2. The Bertz CT molecular complexity index is 1580. The second-order valence-electron chi connectivity index (χ2n) is 9.36. The molecule has 196 valence electrons. The van der Waals surface area contributed by atoms with E-state index in [1.54, 1.807) is 10.6 Å². The number of nitrogens with one attached hydrogen (secondary N) is 1. The number of carbonyl (C=O) groups excluding carboxylic acids is 1. The Balaban J connectivity index is 1.46. The van der Waals surface area contributed by atoms with Crippen LogP contribution in [0.2, 0.25) is 10.0 Å². The van der Waals surface area contributed by atoms with Gasteiger partial charge >= 0.3 is 5.97 Å². The lowest BCUT2D eigenvalue weighted by Gasteiger charge is -2.22. The lowest BCUT2D eigenvalue weighted by Crippen LogP contribution is -2.14. The topological polar surface area (TPSA) is 71.3 Å². The van der Waals surface area contributed by atoms with E-state index in [2.05, 4.69) is 5.32 Å². The molecule has 0 aliphatic heterocycles. The molecule has 0 fully saturated rings. The third-order valence-corrected chi connectivity index (χ3v) is 7.18. The molecule has 5 nitrogen and oxygen atoms in total. The van der Waals surface area contributed by atoms with E-state index >= 15 is 0 Å². The van der Waals surface area contributed by atoms with E-state index in [0.29, 0.717) is 28.5 Å². The number of halogens is 2. The van der Waals surface area contributed by atoms with E-state index in [9.17, 15) is 9.59 Å². The zero-order chi connectivity index (χ0) is 27.4. The predicted octanol–water partition coefficient (Wildman–Crippen LogP) is 8.25. The molecule has 0 unspecified atom stereocenters. The Hall–Kier alpha value is -4.06. The number of rotatable bonds is 9. The molecule has 0 amide bonds. The van der Waals surface area contributed by atoms with Crippen LogP contribution < -0.4 is 5.32 Å². The number of para-hydroxylation sites is 1. The molecule has 4 aromatic carbocycles. The standard InChI is InChI=1S/C32H26Cl2N2O3/c33-25-15-11-21(12-16-25)31(22-13-17-26(34)18-14-22)35-27-7-3-5-23(19-27)32(39)36-20-24(6-4-10-30(37)38)28-8-1-2-9-29(28)36/h1-3,5,7-9,11-20,31,35H,4,6,10H2,(H,37,38). The first-order valence-electron chi connectivity index (χ1n) is 12.6. The fourth-order valence-corrected chi connectivity index (χ4v) is 5.02. The van der Waals surface area contributed by atoms with Gasteiger partial charge in [0.05, 0.1) is 11.6 Å². The number of anilines is 1. The number of nitrogens with zero attached hydrogens (tertiary/aromatic N) is 1. The lowest BCUT2D eigenvalue weighted by molar-refractivity contribution is -0.137. The van der Waals surface area contributed by atoms with Crippen LogP contribution in [0, 0.1) is 0 Å². The number of carbonyl (C=O) groups is 2. The quantitative estimate of drug-likeness (QED) is 0.192. The summed E-state index contributed by atoms with van der Waals surface area (Å²) in [5, 5.41) is 14.9. The van der Waals surface area contributed by atoms with E-state index in [1.165, 1.54) is 0 Å². The van der Waals surface area contributed by atoms with Crippen LogP contribution in [0.25, 0.3) is 10.9 Å². The van der Waals surface area contributed by atoms with Crippen molar-refractivity contribution in [3.05, 3.63) is 136 Å². The largest absolute Gasteiger partial charge is 0.481 e. The van der Waals surface area contributed by atoms with Gasteiger partial charge in [-0.25, -0.2) is 0 Å². The molecular weight excluding hydrogens is 531 g/mol. The van der Waals surface area contributed by atoms with Crippen molar-refractivity contribution in [1.29, 1.82) is 0 Å². The van der Waals surface area contributed by atoms with Gasteiger partial charge < -0.3 is 10.4 Å². The second kappa shape index (κ2) is 11.8. The molecule has 0 radical (unpaired) electrons. The number of aromatic nitrogens is 1. The van der Waals surface area contributed by atoms with Gasteiger partial charge in [0.1, 0.15) is 0 Å². The molecular formula is C32H26Cl2N2O3. The highest BCUT2D eigenvalue weighted by Crippen LogP contribution is 2.30. The van der Waals surface area contributed by atoms with Crippen LogP contribution >= 0.6 is 23.2 Å². The third kappa shape index (κ3) is 6.17. The number of fused-ring (bicyclic) bond motifs is 1. The fraction of sp³-hybridized carbons (Fsp3) is 0.125. The summed E-state index contributed by atoms with van der Waals surface area (Å²) in [6, 6.07) is 30.2. The Morgan fingerprint density at radius 3 is 2.10 bits per heavy atom. The monoisotopic (exact) mass is 556 g/mol. The fourth-order valence-electron chi connectivity index (χ4n) is 4.76. The molecule has 0 aliphatic rings. The van der Waals surface area contributed by atoms with Crippen LogP contribution in [-0.2, 0) is 11.2 Å². The Morgan fingerprint density at radius 2 is 1.46 bits per heavy atom. The van der Waals surface area contributed by atoms with Crippen LogP contribution in [0.15, 0.2) is 103 Å². The van der Waals surface area contributed by atoms with Gasteiger partial charge in [0.15, 0.2) is 0 Å². The van der Waals surface area contributed by atoms with Gasteiger partial charge in [0, 0.05) is 39.3 Å². The minimum Gasteiger partial charge on any atom is -0.481 e. The highest BCUT2D eigenvalue weighted by molar-refractivity contribution is 6.30. The zero-order valence-corrected chi connectivity index (χ0v) is 22.5. The van der Waals surface area contributed by atoms with Crippen molar-refractivity contribution in [1.82, 2.24) is 4.57 Å². The SMILES string of the molecule is O=C(O)CCCc1cn(C(=O)c2cccc(NC(c3ccc(Cl)cc3)c3ccc(Cl)cc3)c2)c2ccccc12. The lowest BCUT2D eigenvalue weighted by atomic mass is 9.98. The van der Waals surface area contributed by atoms with Crippen molar-refractivity contribution in [2.24, 2.45) is 0 Å². The number of hydrogen-bond donors (Lipinski definition) is 2. The first-order chi connectivity index (χ1) is 18.9. The zero-order valence-electron chi connectivity index (χ0n) is 21.0. The molecule has 0 spiro atoms. The first kappa shape index (κ1) is 26.5. The molecule has 0 bridgehead atoms. The Labute approximate surface area is 236 Å². The third-order valence-electron chi connectivity index (χ3n) is 6.68. The molecule has 0 atom stereocenters. The van der Waals surface area contributed by atoms with E-state index in [4.69, 9.17) is 28.3 Å². The molecule has 39 heavy (non-hydrogen) atoms. The van der Waals surface area contributed by atoms with Crippen LogP contribution in [0.3, 0.4) is 0 Å². The van der Waals surface area contributed by atoms with Gasteiger partial charge in [-0.15, -0.1) is 0 Å². The average molecular weight is 557 g/mol. The summed E-state index contributed by atoms with van der Waals surface area (Å²) in [5.41, 5.74) is 5.10. The minimum absolute atomic E-state index is 0.0869. The highest BCUT2D eigenvalue weighted by atomic mass is 35.5. The summed E-state index contributed by atoms with van der Waals surface area (Å²) in [7, 11) is 0. The van der Waals surface area contributed by atoms with Crippen LogP contribution in [-0.4, -0.2) is 21.6 Å². The van der Waals surface area contributed by atoms with Gasteiger partial charge in [-0.05, 0) is 78.1 Å². The van der Waals surface area contributed by atoms with Gasteiger partial charge in [0.2, 0.25) is 0 Å². The van der Waals surface area contributed by atoms with Gasteiger partial charge in [-0.2, -0.15) is 0 Å². The van der Waals surface area contributed by atoms with Crippen molar-refractivity contribution in [3.8, 4) is 0 Å². The van der Waals surface area contributed by atoms with Crippen LogP contribution in [0.5, 0.6) is 0 Å². The average Bonchev–Trinajstić information content (AvgIpc) is 3.31. The summed E-state index contributed by atoms with van der Waals surface area (Å²) in [6.07, 6.45) is 3.01. The molecule has 7 heteroatoms. The smallest absolute Gasteiger partial charge is 0.303 e. The van der Waals surface area contributed by atoms with Crippen LogP contribution in [0.1, 0.15) is 45.9 Å². The summed E-state index contributed by atoms with van der Waals surface area (Å²) < 4.78 is 1.65. The molecule has 2 N–H and O–H groups in total. The maximum Gasteiger partial charge on any atom is 0.303 e. The molecule has 1 aromatic heterocycles. The summed E-state index contributed by atoms with van der Waals surface area (Å²) in [5.74, 6) is -0.983. The van der Waals surface area contributed by atoms with E-state index in [0.717, 1.165) is 33.3 Å². The molecule has 5 rings (SSSR count). The summed E-state index contributed by atoms with van der Waals surface area (Å²) >= 11 is 12.3. The summed E-state index contributed by atoms with van der Waals surface area (Å²) in [6.45, 7) is 0. The highest BCUT2D eigenvalue weighted by Gasteiger charge is 2.18. The number of hydrogen-bond acceptors (Lipinski definition) is 3. The van der Waals surface area contributed by atoms with Crippen molar-refractivity contribution < 1.29 is 14.7 Å². The maximum atomic E-state index is 13.7. The van der Waals surface area contributed by atoms with E-state index < -0.39 is 5.97 Å². The Morgan fingerprint density at radius 1 is 0.821 bits per heavy atom. The van der Waals surface area contributed by atoms with Crippen LogP contribution in [0.4, 0.5) is 5.69 Å². The van der Waals surface area contributed by atoms with Gasteiger partial charge in [-0.1, -0.05) is 71.7 Å².